The number of carbonyl (C=O) groups is 1. The Balaban J connectivity index is 1.62. The molecule has 1 atom stereocenters. The molecule has 0 radical (unpaired) electrons. The molecule has 1 aliphatic heterocycles. The van der Waals surface area contributed by atoms with Crippen molar-refractivity contribution in [1.29, 1.82) is 0 Å². The topological polar surface area (TPSA) is 79.4 Å². The van der Waals surface area contributed by atoms with Gasteiger partial charge in [-0.15, -0.1) is 0 Å². The van der Waals surface area contributed by atoms with Crippen molar-refractivity contribution < 1.29 is 9.53 Å². The van der Waals surface area contributed by atoms with E-state index >= 15 is 0 Å². The van der Waals surface area contributed by atoms with Crippen LogP contribution in [0.5, 0.6) is 5.75 Å². The lowest BCUT2D eigenvalue weighted by Crippen LogP contribution is -2.39. The lowest BCUT2D eigenvalue weighted by atomic mass is 10.1. The maximum Gasteiger partial charge on any atom is 0.247 e. The van der Waals surface area contributed by atoms with Crippen LogP contribution in [0, 0.1) is 0 Å². The summed E-state index contributed by atoms with van der Waals surface area (Å²) in [5.74, 6) is 0.988. The third kappa shape index (κ3) is 5.00. The molecule has 1 saturated heterocycles. The standard InChI is InChI=1S/C24H27N5O2/c1-3-23(30)28-21-14-19-20(15-22(21)31-13-12-29-10-7-11-29)25-16-26-24(19)27-17(2)18-8-5-4-6-9-18/h3-6,8-9,14-17H,1,7,10-13H2,2H3,(H,28,30)(H,25,26,27). The number of hydrogen-bond acceptors (Lipinski definition) is 6. The third-order valence-corrected chi connectivity index (χ3v) is 5.45. The zero-order valence-corrected chi connectivity index (χ0v) is 17.7. The van der Waals surface area contributed by atoms with Crippen molar-refractivity contribution in [1.82, 2.24) is 14.9 Å². The first kappa shape index (κ1) is 20.8. The SMILES string of the molecule is C=CC(=O)Nc1cc2c(NC(C)c3ccccc3)ncnc2cc1OCCN1CCC1. The van der Waals surface area contributed by atoms with Crippen molar-refractivity contribution in [3.05, 3.63) is 67.0 Å². The molecule has 0 aliphatic carbocycles. The highest BCUT2D eigenvalue weighted by molar-refractivity contribution is 6.03. The minimum atomic E-state index is -0.295. The van der Waals surface area contributed by atoms with Crippen LogP contribution in [-0.4, -0.2) is 47.0 Å². The second-order valence-corrected chi connectivity index (χ2v) is 7.60. The third-order valence-electron chi connectivity index (χ3n) is 5.45. The first-order valence-corrected chi connectivity index (χ1v) is 10.5. The van der Waals surface area contributed by atoms with E-state index in [-0.39, 0.29) is 11.9 Å². The van der Waals surface area contributed by atoms with Crippen molar-refractivity contribution in [2.45, 2.75) is 19.4 Å². The predicted molar refractivity (Wildman–Crippen MR) is 123 cm³/mol. The number of carbonyl (C=O) groups excluding carboxylic acids is 1. The Kier molecular flexibility index (Phi) is 6.43. The van der Waals surface area contributed by atoms with E-state index in [1.54, 1.807) is 0 Å². The highest BCUT2D eigenvalue weighted by Crippen LogP contribution is 2.33. The van der Waals surface area contributed by atoms with Crippen LogP contribution in [0.2, 0.25) is 0 Å². The fourth-order valence-electron chi connectivity index (χ4n) is 3.52. The van der Waals surface area contributed by atoms with Gasteiger partial charge in [0.05, 0.1) is 11.2 Å². The number of nitrogens with zero attached hydrogens (tertiary/aromatic N) is 3. The molecule has 1 fully saturated rings. The molecule has 1 aromatic heterocycles. The summed E-state index contributed by atoms with van der Waals surface area (Å²) in [5, 5.41) is 7.11. The molecule has 1 amide bonds. The van der Waals surface area contributed by atoms with E-state index in [0.29, 0.717) is 23.9 Å². The average Bonchev–Trinajstić information content (AvgIpc) is 2.76. The van der Waals surface area contributed by atoms with E-state index in [1.807, 2.05) is 30.3 Å². The molecule has 0 bridgehead atoms. The van der Waals surface area contributed by atoms with E-state index < -0.39 is 0 Å². The van der Waals surface area contributed by atoms with Gasteiger partial charge in [-0.1, -0.05) is 36.9 Å². The van der Waals surface area contributed by atoms with Gasteiger partial charge in [-0.05, 0) is 44.1 Å². The number of amides is 1. The van der Waals surface area contributed by atoms with Crippen LogP contribution in [0.4, 0.5) is 11.5 Å². The number of anilines is 2. The number of hydrogen-bond donors (Lipinski definition) is 2. The maximum absolute atomic E-state index is 12.0. The number of likely N-dealkylation sites (tertiary alicyclic amines) is 1. The summed E-state index contributed by atoms with van der Waals surface area (Å²) in [7, 11) is 0. The molecular formula is C24H27N5O2. The van der Waals surface area contributed by atoms with Crippen LogP contribution in [0.1, 0.15) is 24.9 Å². The number of ether oxygens (including phenoxy) is 1. The quantitative estimate of drug-likeness (QED) is 0.512. The van der Waals surface area contributed by atoms with Crippen LogP contribution in [-0.2, 0) is 4.79 Å². The minimum absolute atomic E-state index is 0.0537. The monoisotopic (exact) mass is 417 g/mol. The van der Waals surface area contributed by atoms with Gasteiger partial charge in [-0.2, -0.15) is 0 Å². The first-order valence-electron chi connectivity index (χ1n) is 10.5. The van der Waals surface area contributed by atoms with E-state index in [0.717, 1.165) is 36.1 Å². The summed E-state index contributed by atoms with van der Waals surface area (Å²) in [6.45, 7) is 9.26. The summed E-state index contributed by atoms with van der Waals surface area (Å²) in [4.78, 5) is 23.2. The van der Waals surface area contributed by atoms with Gasteiger partial charge < -0.3 is 15.4 Å². The molecule has 0 saturated carbocycles. The number of aromatic nitrogens is 2. The largest absolute Gasteiger partial charge is 0.490 e. The fourth-order valence-corrected chi connectivity index (χ4v) is 3.52. The van der Waals surface area contributed by atoms with Gasteiger partial charge in [0.15, 0.2) is 0 Å². The van der Waals surface area contributed by atoms with Crippen LogP contribution in [0.25, 0.3) is 10.9 Å². The Hall–Kier alpha value is -3.45. The summed E-state index contributed by atoms with van der Waals surface area (Å²) in [6, 6.07) is 13.9. The van der Waals surface area contributed by atoms with Crippen molar-refractivity contribution in [3.63, 3.8) is 0 Å². The smallest absolute Gasteiger partial charge is 0.247 e. The fraction of sp³-hybridized carbons (Fsp3) is 0.292. The molecule has 7 heteroatoms. The van der Waals surface area contributed by atoms with Crippen molar-refractivity contribution in [3.8, 4) is 5.75 Å². The van der Waals surface area contributed by atoms with Crippen LogP contribution in [0.15, 0.2) is 61.4 Å². The Morgan fingerprint density at radius 1 is 1.26 bits per heavy atom. The zero-order chi connectivity index (χ0) is 21.6. The van der Waals surface area contributed by atoms with Crippen LogP contribution in [0.3, 0.4) is 0 Å². The molecular weight excluding hydrogens is 390 g/mol. The Labute approximate surface area is 182 Å². The molecule has 7 nitrogen and oxygen atoms in total. The summed E-state index contributed by atoms with van der Waals surface area (Å²) in [6.07, 6.45) is 4.02. The number of fused-ring (bicyclic) bond motifs is 1. The van der Waals surface area contributed by atoms with Gasteiger partial charge in [-0.25, -0.2) is 9.97 Å². The summed E-state index contributed by atoms with van der Waals surface area (Å²) >= 11 is 0. The van der Waals surface area contributed by atoms with Gasteiger partial charge in [-0.3, -0.25) is 9.69 Å². The van der Waals surface area contributed by atoms with Crippen molar-refractivity contribution >= 4 is 28.3 Å². The number of nitrogens with one attached hydrogen (secondary N) is 2. The van der Waals surface area contributed by atoms with E-state index in [4.69, 9.17) is 4.74 Å². The summed E-state index contributed by atoms with van der Waals surface area (Å²) < 4.78 is 6.02. The maximum atomic E-state index is 12.0. The van der Waals surface area contributed by atoms with Gasteiger partial charge in [0.1, 0.15) is 24.5 Å². The van der Waals surface area contributed by atoms with Gasteiger partial charge >= 0.3 is 0 Å². The second kappa shape index (κ2) is 9.57. The molecule has 4 rings (SSSR count). The summed E-state index contributed by atoms with van der Waals surface area (Å²) in [5.41, 5.74) is 2.47. The zero-order valence-electron chi connectivity index (χ0n) is 17.7. The van der Waals surface area contributed by atoms with Gasteiger partial charge in [0.25, 0.3) is 0 Å². The van der Waals surface area contributed by atoms with Gasteiger partial charge in [0.2, 0.25) is 5.91 Å². The Morgan fingerprint density at radius 3 is 2.77 bits per heavy atom. The molecule has 2 N–H and O–H groups in total. The molecule has 2 aromatic carbocycles. The molecule has 2 heterocycles. The van der Waals surface area contributed by atoms with E-state index in [2.05, 4.69) is 51.1 Å². The molecule has 1 aliphatic rings. The predicted octanol–water partition coefficient (Wildman–Crippen LogP) is 4.01. The van der Waals surface area contributed by atoms with E-state index in [1.165, 1.54) is 18.8 Å². The first-order chi connectivity index (χ1) is 15.1. The lowest BCUT2D eigenvalue weighted by molar-refractivity contribution is -0.111. The average molecular weight is 418 g/mol. The number of rotatable bonds is 9. The molecule has 1 unspecified atom stereocenters. The highest BCUT2D eigenvalue weighted by atomic mass is 16.5. The van der Waals surface area contributed by atoms with Gasteiger partial charge in [0, 0.05) is 24.0 Å². The lowest BCUT2D eigenvalue weighted by Gasteiger charge is -2.30. The minimum Gasteiger partial charge on any atom is -0.490 e. The Bertz CT molecular complexity index is 1070. The van der Waals surface area contributed by atoms with Crippen LogP contribution < -0.4 is 15.4 Å². The second-order valence-electron chi connectivity index (χ2n) is 7.60. The Morgan fingerprint density at radius 2 is 2.06 bits per heavy atom. The van der Waals surface area contributed by atoms with Crippen LogP contribution >= 0.6 is 0 Å². The van der Waals surface area contributed by atoms with Crippen molar-refractivity contribution in [2.75, 3.05) is 36.9 Å². The molecule has 31 heavy (non-hydrogen) atoms. The van der Waals surface area contributed by atoms with Crippen molar-refractivity contribution in [2.24, 2.45) is 0 Å². The molecule has 3 aromatic rings. The molecule has 160 valence electrons. The molecule has 0 spiro atoms. The number of benzene rings is 2. The normalized spacial score (nSPS) is 14.5. The highest BCUT2D eigenvalue weighted by Gasteiger charge is 2.16. The van der Waals surface area contributed by atoms with E-state index in [9.17, 15) is 4.79 Å².